The van der Waals surface area contributed by atoms with Gasteiger partial charge in [-0.05, 0) is 63.6 Å². The van der Waals surface area contributed by atoms with Gasteiger partial charge in [0, 0.05) is 5.25 Å². The average Bonchev–Trinajstić information content (AvgIpc) is 3.21. The largest absolute Gasteiger partial charge is 0.286 e. The fourth-order valence-corrected chi connectivity index (χ4v) is 6.29. The molecule has 1 fully saturated rings. The third kappa shape index (κ3) is 2.05. The summed E-state index contributed by atoms with van der Waals surface area (Å²) in [6, 6.07) is 17.4. The van der Waals surface area contributed by atoms with E-state index in [1.165, 1.54) is 57.5 Å². The second-order valence-electron chi connectivity index (χ2n) is 7.98. The van der Waals surface area contributed by atoms with Gasteiger partial charge in [0.2, 0.25) is 5.12 Å². The van der Waals surface area contributed by atoms with Gasteiger partial charge in [-0.1, -0.05) is 78.9 Å². The predicted octanol–water partition coefficient (Wildman–Crippen LogP) is 6.40. The van der Waals surface area contributed by atoms with Gasteiger partial charge >= 0.3 is 0 Å². The average molecular weight is 369 g/mol. The quantitative estimate of drug-likeness (QED) is 0.487. The van der Waals surface area contributed by atoms with Crippen molar-refractivity contribution in [2.24, 2.45) is 0 Å². The number of carbonyl (C=O) groups excluding carboxylic acids is 1. The van der Waals surface area contributed by atoms with E-state index in [-0.39, 0.29) is 0 Å². The summed E-state index contributed by atoms with van der Waals surface area (Å²) in [5, 5.41) is 5.98. The molecule has 0 saturated heterocycles. The maximum absolute atomic E-state index is 13.4. The lowest BCUT2D eigenvalue weighted by atomic mass is 9.78. The lowest BCUT2D eigenvalue weighted by Crippen LogP contribution is -2.33. The second-order valence-corrected chi connectivity index (χ2v) is 9.25. The summed E-state index contributed by atoms with van der Waals surface area (Å²) < 4.78 is 0. The first-order chi connectivity index (χ1) is 13.3. The van der Waals surface area contributed by atoms with Crippen molar-refractivity contribution in [3.63, 3.8) is 0 Å². The van der Waals surface area contributed by atoms with Gasteiger partial charge in [-0.2, -0.15) is 0 Å². The summed E-state index contributed by atoms with van der Waals surface area (Å²) in [6.45, 7) is 0. The SMILES string of the molecule is O=C(SC1CCC1)C12CC=CC1=Cc1c2ccc2c1ccc1ccccc12. The van der Waals surface area contributed by atoms with Crippen LogP contribution in [0.5, 0.6) is 0 Å². The van der Waals surface area contributed by atoms with Gasteiger partial charge in [-0.3, -0.25) is 4.79 Å². The molecule has 0 N–H and O–H groups in total. The van der Waals surface area contributed by atoms with E-state index in [0.717, 1.165) is 6.42 Å². The molecule has 0 spiro atoms. The Kier molecular flexibility index (Phi) is 3.25. The summed E-state index contributed by atoms with van der Waals surface area (Å²) in [5.74, 6) is 0. The van der Waals surface area contributed by atoms with Crippen LogP contribution < -0.4 is 0 Å². The molecule has 0 bridgehead atoms. The number of rotatable bonds is 2. The van der Waals surface area contributed by atoms with Gasteiger partial charge < -0.3 is 0 Å². The Balaban J connectivity index is 1.57. The number of hydrogen-bond donors (Lipinski definition) is 0. The molecule has 3 aromatic carbocycles. The molecule has 2 heteroatoms. The van der Waals surface area contributed by atoms with Crippen LogP contribution in [-0.4, -0.2) is 10.4 Å². The van der Waals surface area contributed by atoms with Gasteiger partial charge in [0.1, 0.15) is 0 Å². The van der Waals surface area contributed by atoms with E-state index in [0.29, 0.717) is 10.4 Å². The van der Waals surface area contributed by atoms with Gasteiger partial charge in [-0.15, -0.1) is 0 Å². The minimum atomic E-state index is -0.449. The van der Waals surface area contributed by atoms with Crippen molar-refractivity contribution in [3.8, 4) is 0 Å². The first-order valence-electron chi connectivity index (χ1n) is 9.82. The van der Waals surface area contributed by atoms with Crippen molar-refractivity contribution in [3.05, 3.63) is 77.4 Å². The van der Waals surface area contributed by atoms with Crippen molar-refractivity contribution in [2.45, 2.75) is 36.3 Å². The molecule has 132 valence electrons. The van der Waals surface area contributed by atoms with Gasteiger partial charge in [0.15, 0.2) is 0 Å². The highest BCUT2D eigenvalue weighted by molar-refractivity contribution is 8.14. The first-order valence-corrected chi connectivity index (χ1v) is 10.7. The van der Waals surface area contributed by atoms with E-state index in [4.69, 9.17) is 0 Å². The van der Waals surface area contributed by atoms with E-state index >= 15 is 0 Å². The molecule has 3 aliphatic rings. The lowest BCUT2D eigenvalue weighted by molar-refractivity contribution is -0.114. The number of hydrogen-bond acceptors (Lipinski definition) is 2. The topological polar surface area (TPSA) is 17.1 Å². The highest BCUT2D eigenvalue weighted by Crippen LogP contribution is 2.54. The normalized spacial score (nSPS) is 23.3. The van der Waals surface area contributed by atoms with E-state index in [9.17, 15) is 4.79 Å². The fourth-order valence-electron chi connectivity index (χ4n) is 4.91. The zero-order chi connectivity index (χ0) is 18.0. The van der Waals surface area contributed by atoms with E-state index in [2.05, 4.69) is 66.8 Å². The number of carbonyl (C=O) groups is 1. The Morgan fingerprint density at radius 2 is 1.81 bits per heavy atom. The standard InChI is InChI=1S/C25H20OS/c26-24(27-18-7-3-8-18)25-14-4-6-17(25)15-22-21-11-10-16-5-1-2-9-19(16)20(21)12-13-23(22)25/h1-2,4-6,9-13,15,18H,3,7-8,14H2. The summed E-state index contributed by atoms with van der Waals surface area (Å²) >= 11 is 1.60. The molecule has 1 nitrogen and oxygen atoms in total. The van der Waals surface area contributed by atoms with Crippen LogP contribution in [0.2, 0.25) is 0 Å². The van der Waals surface area contributed by atoms with Gasteiger partial charge in [0.05, 0.1) is 5.41 Å². The summed E-state index contributed by atoms with van der Waals surface area (Å²) in [6.07, 6.45) is 11.1. The smallest absolute Gasteiger partial charge is 0.204 e. The Morgan fingerprint density at radius 3 is 2.67 bits per heavy atom. The van der Waals surface area contributed by atoms with Crippen LogP contribution in [0.1, 0.15) is 36.8 Å². The van der Waals surface area contributed by atoms with Gasteiger partial charge in [0.25, 0.3) is 0 Å². The maximum atomic E-state index is 13.4. The molecule has 0 aliphatic heterocycles. The summed E-state index contributed by atoms with van der Waals surface area (Å²) in [5.41, 5.74) is 3.20. The minimum absolute atomic E-state index is 0.349. The third-order valence-electron chi connectivity index (χ3n) is 6.62. The molecular weight excluding hydrogens is 348 g/mol. The van der Waals surface area contributed by atoms with Crippen LogP contribution in [0.3, 0.4) is 0 Å². The molecule has 1 saturated carbocycles. The Labute approximate surface area is 163 Å². The zero-order valence-corrected chi connectivity index (χ0v) is 15.9. The zero-order valence-electron chi connectivity index (χ0n) is 15.1. The van der Waals surface area contributed by atoms with Crippen molar-refractivity contribution < 1.29 is 4.79 Å². The minimum Gasteiger partial charge on any atom is -0.286 e. The van der Waals surface area contributed by atoms with E-state index < -0.39 is 5.41 Å². The van der Waals surface area contributed by atoms with Crippen LogP contribution in [0.15, 0.2) is 66.3 Å². The Bertz CT molecular complexity index is 1180. The first kappa shape index (κ1) is 15.7. The maximum Gasteiger partial charge on any atom is 0.204 e. The lowest BCUT2D eigenvalue weighted by Gasteiger charge is -2.31. The van der Waals surface area contributed by atoms with Crippen LogP contribution in [0.25, 0.3) is 27.6 Å². The monoisotopic (exact) mass is 368 g/mol. The van der Waals surface area contributed by atoms with E-state index in [1.54, 1.807) is 11.8 Å². The van der Waals surface area contributed by atoms with Crippen LogP contribution in [0, 0.1) is 0 Å². The highest BCUT2D eigenvalue weighted by Gasteiger charge is 2.49. The number of thioether (sulfide) groups is 1. The van der Waals surface area contributed by atoms with Crippen molar-refractivity contribution in [2.75, 3.05) is 0 Å². The van der Waals surface area contributed by atoms with Crippen molar-refractivity contribution in [1.29, 1.82) is 0 Å². The van der Waals surface area contributed by atoms with Gasteiger partial charge in [-0.25, -0.2) is 0 Å². The highest BCUT2D eigenvalue weighted by atomic mass is 32.2. The van der Waals surface area contributed by atoms with Crippen LogP contribution in [-0.2, 0) is 10.2 Å². The molecule has 6 rings (SSSR count). The molecule has 0 aromatic heterocycles. The molecule has 3 aromatic rings. The molecule has 0 heterocycles. The second kappa shape index (κ2) is 5.59. The summed E-state index contributed by atoms with van der Waals surface area (Å²) in [4.78, 5) is 13.4. The molecule has 0 radical (unpaired) electrons. The third-order valence-corrected chi connectivity index (χ3v) is 7.98. The Hall–Kier alpha value is -2.32. The summed E-state index contributed by atoms with van der Waals surface area (Å²) in [7, 11) is 0. The molecule has 1 unspecified atom stereocenters. The predicted molar refractivity (Wildman–Crippen MR) is 115 cm³/mol. The van der Waals surface area contributed by atoms with Crippen LogP contribution in [0.4, 0.5) is 0 Å². The Morgan fingerprint density at radius 1 is 0.963 bits per heavy atom. The fraction of sp³-hybridized carbons (Fsp3) is 0.240. The number of benzene rings is 3. The van der Waals surface area contributed by atoms with E-state index in [1.807, 2.05) is 0 Å². The number of fused-ring (bicyclic) bond motifs is 7. The molecule has 27 heavy (non-hydrogen) atoms. The molecule has 1 atom stereocenters. The van der Waals surface area contributed by atoms with Crippen LogP contribution >= 0.6 is 11.8 Å². The molecule has 3 aliphatic carbocycles. The molecular formula is C25H20OS. The van der Waals surface area contributed by atoms with Crippen molar-refractivity contribution in [1.82, 2.24) is 0 Å². The molecule has 0 amide bonds. The van der Waals surface area contributed by atoms with Crippen molar-refractivity contribution >= 4 is 44.5 Å². The number of allylic oxidation sites excluding steroid dienone is 3.